The first-order chi connectivity index (χ1) is 10.0. The van der Waals surface area contributed by atoms with Crippen LogP contribution >= 0.6 is 0 Å². The molecule has 1 atom stereocenters. The van der Waals surface area contributed by atoms with Crippen LogP contribution in [0.25, 0.3) is 0 Å². The summed E-state index contributed by atoms with van der Waals surface area (Å²) in [5.74, 6) is -0.110. The summed E-state index contributed by atoms with van der Waals surface area (Å²) in [6.07, 6.45) is -0.514. The van der Waals surface area contributed by atoms with Gasteiger partial charge in [-0.2, -0.15) is 0 Å². The standard InChI is InChI=1S/C15H22N2O4/c1-4-20-9-8-14(18)16-17-15(19)12(3)21-13-7-5-6-11(2)10-13/h5-7,10,12H,4,8-9H2,1-3H3,(H,16,18)(H,17,19). The lowest BCUT2D eigenvalue weighted by Crippen LogP contribution is -2.47. The molecule has 0 bridgehead atoms. The minimum atomic E-state index is -0.709. The monoisotopic (exact) mass is 294 g/mol. The number of carbonyl (C=O) groups is 2. The largest absolute Gasteiger partial charge is 0.481 e. The van der Waals surface area contributed by atoms with Crippen molar-refractivity contribution in [3.05, 3.63) is 29.8 Å². The Morgan fingerprint density at radius 3 is 2.71 bits per heavy atom. The van der Waals surface area contributed by atoms with Crippen molar-refractivity contribution in [2.24, 2.45) is 0 Å². The highest BCUT2D eigenvalue weighted by molar-refractivity contribution is 5.84. The fraction of sp³-hybridized carbons (Fsp3) is 0.467. The molecule has 0 heterocycles. The first-order valence-corrected chi connectivity index (χ1v) is 6.92. The number of benzene rings is 1. The second-order valence-electron chi connectivity index (χ2n) is 4.56. The maximum absolute atomic E-state index is 11.8. The topological polar surface area (TPSA) is 76.7 Å². The van der Waals surface area contributed by atoms with Gasteiger partial charge in [-0.05, 0) is 38.5 Å². The van der Waals surface area contributed by atoms with Gasteiger partial charge in [-0.25, -0.2) is 0 Å². The van der Waals surface area contributed by atoms with Crippen LogP contribution in [0.3, 0.4) is 0 Å². The van der Waals surface area contributed by atoms with Crippen LogP contribution in [0, 0.1) is 6.92 Å². The van der Waals surface area contributed by atoms with Gasteiger partial charge in [-0.1, -0.05) is 12.1 Å². The third-order valence-corrected chi connectivity index (χ3v) is 2.67. The fourth-order valence-electron chi connectivity index (χ4n) is 1.55. The molecule has 0 aromatic heterocycles. The highest BCUT2D eigenvalue weighted by atomic mass is 16.5. The molecule has 0 spiro atoms. The zero-order valence-electron chi connectivity index (χ0n) is 12.6. The Morgan fingerprint density at radius 2 is 2.05 bits per heavy atom. The summed E-state index contributed by atoms with van der Waals surface area (Å²) in [4.78, 5) is 23.2. The summed E-state index contributed by atoms with van der Waals surface area (Å²) in [6.45, 7) is 6.29. The van der Waals surface area contributed by atoms with Gasteiger partial charge in [0.25, 0.3) is 5.91 Å². The number of hydrogen-bond acceptors (Lipinski definition) is 4. The average molecular weight is 294 g/mol. The van der Waals surface area contributed by atoms with E-state index in [2.05, 4.69) is 10.9 Å². The van der Waals surface area contributed by atoms with E-state index in [0.29, 0.717) is 19.0 Å². The van der Waals surface area contributed by atoms with Gasteiger partial charge in [0.15, 0.2) is 6.10 Å². The van der Waals surface area contributed by atoms with E-state index < -0.39 is 12.0 Å². The predicted molar refractivity (Wildman–Crippen MR) is 78.7 cm³/mol. The molecule has 1 unspecified atom stereocenters. The van der Waals surface area contributed by atoms with Gasteiger partial charge in [0.05, 0.1) is 13.0 Å². The number of aryl methyl sites for hydroxylation is 1. The maximum atomic E-state index is 11.8. The van der Waals surface area contributed by atoms with Crippen LogP contribution in [0.4, 0.5) is 0 Å². The molecule has 2 amide bonds. The molecule has 0 fully saturated rings. The van der Waals surface area contributed by atoms with E-state index in [1.807, 2.05) is 32.0 Å². The third-order valence-electron chi connectivity index (χ3n) is 2.67. The molecular formula is C15H22N2O4. The van der Waals surface area contributed by atoms with E-state index in [1.54, 1.807) is 13.0 Å². The summed E-state index contributed by atoms with van der Waals surface area (Å²) in [6, 6.07) is 7.41. The Hall–Kier alpha value is -2.08. The minimum absolute atomic E-state index is 0.196. The average Bonchev–Trinajstić information content (AvgIpc) is 2.45. The lowest BCUT2D eigenvalue weighted by molar-refractivity contribution is -0.133. The van der Waals surface area contributed by atoms with Crippen molar-refractivity contribution in [3.63, 3.8) is 0 Å². The van der Waals surface area contributed by atoms with Crippen molar-refractivity contribution in [2.75, 3.05) is 13.2 Å². The molecule has 6 heteroatoms. The van der Waals surface area contributed by atoms with Crippen LogP contribution < -0.4 is 15.6 Å². The molecule has 0 saturated carbocycles. The van der Waals surface area contributed by atoms with Crippen LogP contribution in [0.1, 0.15) is 25.8 Å². The number of ether oxygens (including phenoxy) is 2. The van der Waals surface area contributed by atoms with Crippen LogP contribution in [-0.4, -0.2) is 31.1 Å². The molecule has 2 N–H and O–H groups in total. The highest BCUT2D eigenvalue weighted by Crippen LogP contribution is 2.13. The van der Waals surface area contributed by atoms with Gasteiger partial charge in [0, 0.05) is 6.61 Å². The molecular weight excluding hydrogens is 272 g/mol. The summed E-state index contributed by atoms with van der Waals surface area (Å²) in [5.41, 5.74) is 5.69. The van der Waals surface area contributed by atoms with Crippen molar-refractivity contribution < 1.29 is 19.1 Å². The Labute approximate surface area is 124 Å². The molecule has 1 aromatic carbocycles. The molecule has 0 aliphatic carbocycles. The van der Waals surface area contributed by atoms with Crippen LogP contribution in [0.5, 0.6) is 5.75 Å². The van der Waals surface area contributed by atoms with Crippen molar-refractivity contribution >= 4 is 11.8 Å². The normalized spacial score (nSPS) is 11.6. The molecule has 0 aliphatic rings. The number of amides is 2. The zero-order valence-corrected chi connectivity index (χ0v) is 12.6. The Morgan fingerprint density at radius 1 is 1.29 bits per heavy atom. The summed E-state index contributed by atoms with van der Waals surface area (Å²) >= 11 is 0. The van der Waals surface area contributed by atoms with Gasteiger partial charge in [0.2, 0.25) is 5.91 Å². The Bertz CT molecular complexity index is 476. The molecule has 0 saturated heterocycles. The number of hydrazine groups is 1. The second kappa shape index (κ2) is 8.97. The van der Waals surface area contributed by atoms with Crippen LogP contribution in [-0.2, 0) is 14.3 Å². The molecule has 0 radical (unpaired) electrons. The Kier molecular flexibility index (Phi) is 7.25. The molecule has 6 nitrogen and oxygen atoms in total. The van der Waals surface area contributed by atoms with E-state index in [0.717, 1.165) is 5.56 Å². The highest BCUT2D eigenvalue weighted by Gasteiger charge is 2.15. The number of rotatable bonds is 7. The van der Waals surface area contributed by atoms with E-state index in [-0.39, 0.29) is 12.3 Å². The van der Waals surface area contributed by atoms with Gasteiger partial charge in [-0.3, -0.25) is 20.4 Å². The van der Waals surface area contributed by atoms with Crippen molar-refractivity contribution in [1.29, 1.82) is 0 Å². The van der Waals surface area contributed by atoms with Crippen molar-refractivity contribution in [3.8, 4) is 5.75 Å². The first kappa shape index (κ1) is 17.0. The fourth-order valence-corrected chi connectivity index (χ4v) is 1.55. The lowest BCUT2D eigenvalue weighted by atomic mass is 10.2. The van der Waals surface area contributed by atoms with Crippen LogP contribution in [0.2, 0.25) is 0 Å². The van der Waals surface area contributed by atoms with Crippen molar-refractivity contribution in [2.45, 2.75) is 33.3 Å². The number of hydrogen-bond donors (Lipinski definition) is 2. The first-order valence-electron chi connectivity index (χ1n) is 6.92. The molecule has 21 heavy (non-hydrogen) atoms. The summed E-state index contributed by atoms with van der Waals surface area (Å²) in [7, 11) is 0. The second-order valence-corrected chi connectivity index (χ2v) is 4.56. The van der Waals surface area contributed by atoms with Gasteiger partial charge < -0.3 is 9.47 Å². The van der Waals surface area contributed by atoms with E-state index >= 15 is 0 Å². The molecule has 1 aromatic rings. The zero-order chi connectivity index (χ0) is 15.7. The van der Waals surface area contributed by atoms with Crippen molar-refractivity contribution in [1.82, 2.24) is 10.9 Å². The smallest absolute Gasteiger partial charge is 0.279 e. The molecule has 1 rings (SSSR count). The van der Waals surface area contributed by atoms with E-state index in [1.165, 1.54) is 0 Å². The van der Waals surface area contributed by atoms with E-state index in [9.17, 15) is 9.59 Å². The lowest BCUT2D eigenvalue weighted by Gasteiger charge is -2.15. The Balaban J connectivity index is 2.32. The molecule has 0 aliphatic heterocycles. The predicted octanol–water partition coefficient (Wildman–Crippen LogP) is 1.34. The van der Waals surface area contributed by atoms with E-state index in [4.69, 9.17) is 9.47 Å². The van der Waals surface area contributed by atoms with Gasteiger partial charge >= 0.3 is 0 Å². The van der Waals surface area contributed by atoms with Gasteiger partial charge in [0.1, 0.15) is 5.75 Å². The number of nitrogens with one attached hydrogen (secondary N) is 2. The summed E-state index contributed by atoms with van der Waals surface area (Å²) in [5, 5.41) is 0. The minimum Gasteiger partial charge on any atom is -0.481 e. The summed E-state index contributed by atoms with van der Waals surface area (Å²) < 4.78 is 10.6. The van der Waals surface area contributed by atoms with Crippen LogP contribution in [0.15, 0.2) is 24.3 Å². The SMILES string of the molecule is CCOCCC(=O)NNC(=O)C(C)Oc1cccc(C)c1. The maximum Gasteiger partial charge on any atom is 0.279 e. The number of carbonyl (C=O) groups excluding carboxylic acids is 2. The third kappa shape index (κ3) is 6.76. The quantitative estimate of drug-likeness (QED) is 0.587. The molecule has 116 valence electrons. The van der Waals surface area contributed by atoms with Gasteiger partial charge in [-0.15, -0.1) is 0 Å².